The van der Waals surface area contributed by atoms with Crippen LogP contribution < -0.4 is 0 Å². The molecule has 0 fully saturated rings. The van der Waals surface area contributed by atoms with Crippen molar-refractivity contribution in [3.63, 3.8) is 0 Å². The van der Waals surface area contributed by atoms with E-state index in [1.54, 1.807) is 0 Å². The van der Waals surface area contributed by atoms with Gasteiger partial charge in [0.2, 0.25) is 0 Å². The van der Waals surface area contributed by atoms with Gasteiger partial charge in [-0.05, 0) is 13.3 Å². The van der Waals surface area contributed by atoms with Gasteiger partial charge in [0.15, 0.2) is 6.10 Å². The standard InChI is InChI=1S/C13H20F2O5/c1-5-10(20-11(16)9(2)3)13(14,15)12(17)19-8-6-7-18-4/h10H,2,5-8H2,1,3-4H3. The van der Waals surface area contributed by atoms with Gasteiger partial charge in [0.05, 0.1) is 6.61 Å². The minimum Gasteiger partial charge on any atom is -0.461 e. The average molecular weight is 294 g/mol. The van der Waals surface area contributed by atoms with E-state index in [4.69, 9.17) is 4.74 Å². The lowest BCUT2D eigenvalue weighted by atomic mass is 10.1. The average Bonchev–Trinajstić information content (AvgIpc) is 2.39. The van der Waals surface area contributed by atoms with E-state index in [0.29, 0.717) is 13.0 Å². The molecule has 0 aromatic carbocycles. The summed E-state index contributed by atoms with van der Waals surface area (Å²) in [5.74, 6) is -6.58. The van der Waals surface area contributed by atoms with Crippen LogP contribution in [0.25, 0.3) is 0 Å². The van der Waals surface area contributed by atoms with Crippen molar-refractivity contribution < 1.29 is 32.6 Å². The first-order valence-corrected chi connectivity index (χ1v) is 6.17. The first-order chi connectivity index (χ1) is 9.27. The molecule has 1 unspecified atom stereocenters. The fourth-order valence-electron chi connectivity index (χ4n) is 1.24. The zero-order valence-electron chi connectivity index (χ0n) is 11.9. The van der Waals surface area contributed by atoms with Gasteiger partial charge in [0.1, 0.15) is 0 Å². The summed E-state index contributed by atoms with van der Waals surface area (Å²) in [6, 6.07) is 0. The highest BCUT2D eigenvalue weighted by Gasteiger charge is 2.50. The molecule has 7 heteroatoms. The Morgan fingerprint density at radius 1 is 1.30 bits per heavy atom. The fourth-order valence-corrected chi connectivity index (χ4v) is 1.24. The Morgan fingerprint density at radius 3 is 2.35 bits per heavy atom. The quantitative estimate of drug-likeness (QED) is 0.370. The lowest BCUT2D eigenvalue weighted by Crippen LogP contribution is -2.45. The summed E-state index contributed by atoms with van der Waals surface area (Å²) < 4.78 is 41.3. The van der Waals surface area contributed by atoms with E-state index >= 15 is 0 Å². The monoisotopic (exact) mass is 294 g/mol. The van der Waals surface area contributed by atoms with E-state index in [0.717, 1.165) is 0 Å². The van der Waals surface area contributed by atoms with Crippen molar-refractivity contribution in [3.8, 4) is 0 Å². The third kappa shape index (κ3) is 5.64. The molecule has 0 aromatic rings. The fraction of sp³-hybridized carbons (Fsp3) is 0.692. The van der Waals surface area contributed by atoms with Gasteiger partial charge in [-0.25, -0.2) is 9.59 Å². The summed E-state index contributed by atoms with van der Waals surface area (Å²) in [7, 11) is 1.45. The number of hydrogen-bond donors (Lipinski definition) is 0. The van der Waals surface area contributed by atoms with Crippen molar-refractivity contribution in [1.29, 1.82) is 0 Å². The maximum absolute atomic E-state index is 13.8. The molecule has 20 heavy (non-hydrogen) atoms. The predicted molar refractivity (Wildman–Crippen MR) is 67.4 cm³/mol. The number of carbonyl (C=O) groups excluding carboxylic acids is 2. The predicted octanol–water partition coefficient (Wildman–Crippen LogP) is 2.10. The number of carbonyl (C=O) groups is 2. The summed E-state index contributed by atoms with van der Waals surface area (Å²) in [6.45, 7) is 6.10. The van der Waals surface area contributed by atoms with Crippen molar-refractivity contribution in [2.45, 2.75) is 38.7 Å². The van der Waals surface area contributed by atoms with Crippen LogP contribution in [0.4, 0.5) is 8.78 Å². The molecule has 0 amide bonds. The third-order valence-electron chi connectivity index (χ3n) is 2.37. The number of esters is 2. The van der Waals surface area contributed by atoms with E-state index in [1.807, 2.05) is 0 Å². The number of halogens is 2. The molecule has 0 aromatic heterocycles. The number of hydrogen-bond acceptors (Lipinski definition) is 5. The second kappa shape index (κ2) is 8.63. The maximum atomic E-state index is 13.8. The van der Waals surface area contributed by atoms with Crippen LogP contribution in [0.5, 0.6) is 0 Å². The first kappa shape index (κ1) is 18.5. The molecule has 0 radical (unpaired) electrons. The van der Waals surface area contributed by atoms with Crippen molar-refractivity contribution in [2.24, 2.45) is 0 Å². The first-order valence-electron chi connectivity index (χ1n) is 6.17. The van der Waals surface area contributed by atoms with Crippen molar-refractivity contribution in [1.82, 2.24) is 0 Å². The normalized spacial score (nSPS) is 12.7. The summed E-state index contributed by atoms with van der Waals surface area (Å²) in [6.07, 6.45) is -1.79. The van der Waals surface area contributed by atoms with Crippen LogP contribution in [-0.2, 0) is 23.8 Å². The number of ether oxygens (including phenoxy) is 3. The molecule has 0 aliphatic heterocycles. The highest BCUT2D eigenvalue weighted by Crippen LogP contribution is 2.26. The molecule has 0 aliphatic carbocycles. The Labute approximate surface area is 116 Å². The molecule has 116 valence electrons. The molecule has 0 N–H and O–H groups in total. The highest BCUT2D eigenvalue weighted by atomic mass is 19.3. The molecule has 0 bridgehead atoms. The third-order valence-corrected chi connectivity index (χ3v) is 2.37. The largest absolute Gasteiger partial charge is 0.461 e. The van der Waals surface area contributed by atoms with Crippen LogP contribution in [0.2, 0.25) is 0 Å². The minimum atomic E-state index is -3.90. The molecular weight excluding hydrogens is 274 g/mol. The van der Waals surface area contributed by atoms with Gasteiger partial charge in [0, 0.05) is 25.7 Å². The number of methoxy groups -OCH3 is 1. The molecule has 5 nitrogen and oxygen atoms in total. The Bertz CT molecular complexity index is 355. The molecule has 0 rings (SSSR count). The Morgan fingerprint density at radius 2 is 1.90 bits per heavy atom. The Kier molecular flexibility index (Phi) is 7.98. The van der Waals surface area contributed by atoms with Crippen LogP contribution in [0.1, 0.15) is 26.7 Å². The van der Waals surface area contributed by atoms with Gasteiger partial charge >= 0.3 is 17.9 Å². The summed E-state index contributed by atoms with van der Waals surface area (Å²) in [5, 5.41) is 0. The van der Waals surface area contributed by atoms with E-state index in [2.05, 4.69) is 16.1 Å². The Balaban J connectivity index is 4.58. The summed E-state index contributed by atoms with van der Waals surface area (Å²) >= 11 is 0. The maximum Gasteiger partial charge on any atom is 0.381 e. The van der Waals surface area contributed by atoms with Crippen molar-refractivity contribution in [2.75, 3.05) is 20.3 Å². The topological polar surface area (TPSA) is 61.8 Å². The van der Waals surface area contributed by atoms with Crippen LogP contribution in [-0.4, -0.2) is 44.3 Å². The second-order valence-corrected chi connectivity index (χ2v) is 4.19. The lowest BCUT2D eigenvalue weighted by Gasteiger charge is -2.24. The van der Waals surface area contributed by atoms with E-state index in [1.165, 1.54) is 21.0 Å². The van der Waals surface area contributed by atoms with Gasteiger partial charge in [-0.3, -0.25) is 0 Å². The second-order valence-electron chi connectivity index (χ2n) is 4.19. The number of rotatable bonds is 9. The van der Waals surface area contributed by atoms with E-state index < -0.39 is 24.0 Å². The molecule has 1 atom stereocenters. The number of alkyl halides is 2. The SMILES string of the molecule is C=C(C)C(=O)OC(CC)C(F)(F)C(=O)OCCCOC. The molecule has 0 spiro atoms. The van der Waals surface area contributed by atoms with Gasteiger partial charge in [-0.2, -0.15) is 8.78 Å². The highest BCUT2D eigenvalue weighted by molar-refractivity contribution is 5.87. The lowest BCUT2D eigenvalue weighted by molar-refractivity contribution is -0.197. The zero-order chi connectivity index (χ0) is 15.8. The van der Waals surface area contributed by atoms with E-state index in [9.17, 15) is 18.4 Å². The molecule has 0 heterocycles. The van der Waals surface area contributed by atoms with Crippen LogP contribution >= 0.6 is 0 Å². The van der Waals surface area contributed by atoms with Crippen LogP contribution in [0.15, 0.2) is 12.2 Å². The Hall–Kier alpha value is -1.50. The van der Waals surface area contributed by atoms with Crippen molar-refractivity contribution >= 4 is 11.9 Å². The molecular formula is C13H20F2O5. The van der Waals surface area contributed by atoms with Gasteiger partial charge in [0.25, 0.3) is 0 Å². The minimum absolute atomic E-state index is 0.0206. The summed E-state index contributed by atoms with van der Waals surface area (Å²) in [4.78, 5) is 22.6. The summed E-state index contributed by atoms with van der Waals surface area (Å²) in [5.41, 5.74) is -0.0206. The van der Waals surface area contributed by atoms with Gasteiger partial charge in [-0.15, -0.1) is 0 Å². The molecule has 0 saturated heterocycles. The molecule has 0 aliphatic rings. The van der Waals surface area contributed by atoms with Gasteiger partial charge < -0.3 is 14.2 Å². The smallest absolute Gasteiger partial charge is 0.381 e. The van der Waals surface area contributed by atoms with Gasteiger partial charge in [-0.1, -0.05) is 13.5 Å². The van der Waals surface area contributed by atoms with Crippen molar-refractivity contribution in [3.05, 3.63) is 12.2 Å². The van der Waals surface area contributed by atoms with E-state index in [-0.39, 0.29) is 18.6 Å². The molecule has 0 saturated carbocycles. The van der Waals surface area contributed by atoms with Crippen LogP contribution in [0.3, 0.4) is 0 Å². The van der Waals surface area contributed by atoms with Crippen LogP contribution in [0, 0.1) is 0 Å². The zero-order valence-corrected chi connectivity index (χ0v) is 11.9.